The van der Waals surface area contributed by atoms with Gasteiger partial charge in [0.2, 0.25) is 0 Å². The van der Waals surface area contributed by atoms with Gasteiger partial charge in [-0.15, -0.1) is 0 Å². The van der Waals surface area contributed by atoms with Crippen LogP contribution in [0.25, 0.3) is 0 Å². The van der Waals surface area contributed by atoms with Gasteiger partial charge in [-0.25, -0.2) is 4.79 Å². The molecule has 1 N–H and O–H groups in total. The van der Waals surface area contributed by atoms with E-state index >= 15 is 0 Å². The molecular formula is C19H24F3N3O3. The zero-order valence-electron chi connectivity index (χ0n) is 15.7. The third-order valence-corrected chi connectivity index (χ3v) is 5.81. The van der Waals surface area contributed by atoms with Gasteiger partial charge in [0.05, 0.1) is 25.1 Å². The van der Waals surface area contributed by atoms with Crippen molar-refractivity contribution in [2.24, 2.45) is 5.92 Å². The molecule has 2 saturated heterocycles. The third-order valence-electron chi connectivity index (χ3n) is 5.81. The van der Waals surface area contributed by atoms with Crippen LogP contribution in [0.3, 0.4) is 0 Å². The number of hydrogen-bond donors (Lipinski definition) is 1. The lowest BCUT2D eigenvalue weighted by molar-refractivity contribution is -0.198. The van der Waals surface area contributed by atoms with E-state index in [-0.39, 0.29) is 31.1 Å². The number of ether oxygens (including phenoxy) is 2. The molecule has 2 amide bonds. The summed E-state index contributed by atoms with van der Waals surface area (Å²) in [5, 5.41) is 3.00. The maximum Gasteiger partial charge on any atom is 0.401 e. The number of rotatable bonds is 5. The topological polar surface area (TPSA) is 54.0 Å². The van der Waals surface area contributed by atoms with E-state index in [1.807, 2.05) is 31.2 Å². The predicted octanol–water partition coefficient (Wildman–Crippen LogP) is 2.76. The predicted molar refractivity (Wildman–Crippen MR) is 94.9 cm³/mol. The monoisotopic (exact) mass is 399 g/mol. The minimum Gasteiger partial charge on any atom is -0.467 e. The van der Waals surface area contributed by atoms with Gasteiger partial charge in [-0.1, -0.05) is 18.2 Å². The Balaban J connectivity index is 1.68. The van der Waals surface area contributed by atoms with Gasteiger partial charge in [-0.2, -0.15) is 13.2 Å². The summed E-state index contributed by atoms with van der Waals surface area (Å²) in [6.45, 7) is 2.52. The molecule has 6 nitrogen and oxygen atoms in total. The van der Waals surface area contributed by atoms with Crippen LogP contribution in [0.4, 0.5) is 18.0 Å². The number of alkyl halides is 3. The van der Waals surface area contributed by atoms with Gasteiger partial charge < -0.3 is 14.8 Å². The highest BCUT2D eigenvalue weighted by molar-refractivity contribution is 5.78. The fourth-order valence-electron chi connectivity index (χ4n) is 4.69. The van der Waals surface area contributed by atoms with Crippen LogP contribution >= 0.6 is 0 Å². The van der Waals surface area contributed by atoms with Crippen LogP contribution in [0.2, 0.25) is 0 Å². The SMILES string of the molecule is CCOCCN1C(=O)NC2c3ccccc3OC13CCN(CC(F)(F)F)CC23. The molecule has 9 heteroatoms. The number of likely N-dealkylation sites (tertiary alicyclic amines) is 1. The lowest BCUT2D eigenvalue weighted by Gasteiger charge is -2.60. The van der Waals surface area contributed by atoms with Crippen LogP contribution in [0, 0.1) is 5.92 Å². The first-order valence-corrected chi connectivity index (χ1v) is 9.57. The molecule has 2 fully saturated rings. The quantitative estimate of drug-likeness (QED) is 0.774. The fraction of sp³-hybridized carbons (Fsp3) is 0.632. The van der Waals surface area contributed by atoms with Gasteiger partial charge >= 0.3 is 12.2 Å². The summed E-state index contributed by atoms with van der Waals surface area (Å²) in [7, 11) is 0. The summed E-state index contributed by atoms with van der Waals surface area (Å²) in [5.74, 6) is 0.368. The van der Waals surface area contributed by atoms with E-state index in [0.29, 0.717) is 31.9 Å². The first-order chi connectivity index (χ1) is 13.3. The van der Waals surface area contributed by atoms with E-state index in [0.717, 1.165) is 5.56 Å². The average Bonchev–Trinajstić information content (AvgIpc) is 2.63. The average molecular weight is 399 g/mol. The Morgan fingerprint density at radius 1 is 1.36 bits per heavy atom. The molecule has 4 rings (SSSR count). The summed E-state index contributed by atoms with van der Waals surface area (Å²) in [5.41, 5.74) is -0.143. The highest BCUT2D eigenvalue weighted by Crippen LogP contribution is 2.51. The summed E-state index contributed by atoms with van der Waals surface area (Å²) >= 11 is 0. The number of carbonyl (C=O) groups excluding carboxylic acids is 1. The van der Waals surface area contributed by atoms with Crippen LogP contribution in [0.15, 0.2) is 24.3 Å². The van der Waals surface area contributed by atoms with E-state index in [4.69, 9.17) is 9.47 Å². The molecule has 1 aromatic rings. The second kappa shape index (κ2) is 7.11. The van der Waals surface area contributed by atoms with Crippen molar-refractivity contribution in [2.75, 3.05) is 39.4 Å². The summed E-state index contributed by atoms with van der Waals surface area (Å²) in [6.07, 6.45) is -3.94. The van der Waals surface area contributed by atoms with Gasteiger partial charge in [0.15, 0.2) is 5.72 Å². The molecule has 154 valence electrons. The molecule has 0 radical (unpaired) electrons. The van der Waals surface area contributed by atoms with Crippen molar-refractivity contribution < 1.29 is 27.4 Å². The molecule has 1 aromatic carbocycles. The summed E-state index contributed by atoms with van der Waals surface area (Å²) in [4.78, 5) is 15.9. The lowest BCUT2D eigenvalue weighted by Crippen LogP contribution is -2.75. The van der Waals surface area contributed by atoms with Gasteiger partial charge in [0, 0.05) is 38.2 Å². The molecule has 3 unspecified atom stereocenters. The van der Waals surface area contributed by atoms with Crippen molar-refractivity contribution in [1.29, 1.82) is 0 Å². The van der Waals surface area contributed by atoms with E-state index in [1.54, 1.807) is 4.90 Å². The lowest BCUT2D eigenvalue weighted by atomic mass is 9.74. The molecule has 3 heterocycles. The van der Waals surface area contributed by atoms with Crippen LogP contribution in [-0.2, 0) is 4.74 Å². The van der Waals surface area contributed by atoms with E-state index < -0.39 is 18.4 Å². The molecule has 0 spiro atoms. The summed E-state index contributed by atoms with van der Waals surface area (Å²) in [6, 6.07) is 6.77. The largest absolute Gasteiger partial charge is 0.467 e. The second-order valence-corrected chi connectivity index (χ2v) is 7.47. The van der Waals surface area contributed by atoms with Crippen LogP contribution in [0.1, 0.15) is 24.9 Å². The first-order valence-electron chi connectivity index (χ1n) is 9.57. The zero-order valence-corrected chi connectivity index (χ0v) is 15.7. The molecule has 3 aliphatic heterocycles. The van der Waals surface area contributed by atoms with E-state index in [9.17, 15) is 18.0 Å². The van der Waals surface area contributed by atoms with Crippen molar-refractivity contribution in [3.63, 3.8) is 0 Å². The highest BCUT2D eigenvalue weighted by atomic mass is 19.4. The van der Waals surface area contributed by atoms with Crippen molar-refractivity contribution >= 4 is 6.03 Å². The van der Waals surface area contributed by atoms with Crippen LogP contribution in [-0.4, -0.2) is 67.1 Å². The number of nitrogens with zero attached hydrogens (tertiary/aromatic N) is 2. The minimum absolute atomic E-state index is 0.198. The van der Waals surface area contributed by atoms with Gasteiger partial charge in [-0.3, -0.25) is 9.80 Å². The highest BCUT2D eigenvalue weighted by Gasteiger charge is 2.61. The molecule has 0 saturated carbocycles. The maximum absolute atomic E-state index is 13.0. The van der Waals surface area contributed by atoms with Crippen molar-refractivity contribution in [3.05, 3.63) is 29.8 Å². The number of carbonyl (C=O) groups is 1. The second-order valence-electron chi connectivity index (χ2n) is 7.47. The Kier molecular flexibility index (Phi) is 4.91. The third kappa shape index (κ3) is 3.30. The number of hydrogen-bond acceptors (Lipinski definition) is 4. The number of benzene rings is 1. The van der Waals surface area contributed by atoms with Crippen molar-refractivity contribution in [2.45, 2.75) is 31.3 Å². The molecule has 0 aliphatic carbocycles. The number of piperidine rings is 1. The maximum atomic E-state index is 13.0. The van der Waals surface area contributed by atoms with Crippen LogP contribution in [0.5, 0.6) is 5.75 Å². The first kappa shape index (κ1) is 19.3. The number of halogens is 3. The van der Waals surface area contributed by atoms with Gasteiger partial charge in [0.1, 0.15) is 5.75 Å². The van der Waals surface area contributed by atoms with Crippen LogP contribution < -0.4 is 10.1 Å². The summed E-state index contributed by atoms with van der Waals surface area (Å²) < 4.78 is 50.7. The van der Waals surface area contributed by atoms with E-state index in [2.05, 4.69) is 5.32 Å². The minimum atomic E-state index is -4.26. The van der Waals surface area contributed by atoms with Gasteiger partial charge in [0.25, 0.3) is 0 Å². The Labute approximate surface area is 161 Å². The number of amides is 2. The number of para-hydroxylation sites is 1. The van der Waals surface area contributed by atoms with Crippen molar-refractivity contribution in [1.82, 2.24) is 15.1 Å². The fourth-order valence-corrected chi connectivity index (χ4v) is 4.69. The molecule has 28 heavy (non-hydrogen) atoms. The number of nitrogens with one attached hydrogen (secondary N) is 1. The molecule has 3 aliphatic rings. The molecular weight excluding hydrogens is 375 g/mol. The Hall–Kier alpha value is -2.00. The molecule has 2 bridgehead atoms. The molecule has 3 atom stereocenters. The van der Waals surface area contributed by atoms with Crippen molar-refractivity contribution in [3.8, 4) is 5.75 Å². The van der Waals surface area contributed by atoms with E-state index in [1.165, 1.54) is 4.90 Å². The Morgan fingerprint density at radius 2 is 2.14 bits per heavy atom. The molecule has 0 aromatic heterocycles. The van der Waals surface area contributed by atoms with Gasteiger partial charge in [-0.05, 0) is 13.0 Å². The Bertz CT molecular complexity index is 745. The zero-order chi connectivity index (χ0) is 19.9. The standard InChI is InChI=1S/C19H24F3N3O3/c1-2-27-10-9-25-17(26)23-16-13-5-3-4-6-15(13)28-18(25)7-8-24(11-14(16)18)12-19(20,21)22/h3-6,14,16H,2,7-12H2,1H3,(H,23,26). The Morgan fingerprint density at radius 3 is 2.89 bits per heavy atom. The smallest absolute Gasteiger partial charge is 0.401 e. The number of urea groups is 1. The number of fused-ring (bicyclic) bond motifs is 2. The normalized spacial score (nSPS) is 29.6.